The zero-order valence-electron chi connectivity index (χ0n) is 8.56. The van der Waals surface area contributed by atoms with Crippen LogP contribution in [0.25, 0.3) is 0 Å². The molecule has 1 radical (unpaired) electrons. The fourth-order valence-corrected chi connectivity index (χ4v) is 1.34. The highest BCUT2D eigenvalue weighted by molar-refractivity contribution is 5.95. The molecule has 1 aromatic carbocycles. The Morgan fingerprint density at radius 3 is 2.73 bits per heavy atom. The molecule has 2 N–H and O–H groups in total. The number of hydrogen-bond acceptors (Lipinski definition) is 3. The quantitative estimate of drug-likeness (QED) is 0.767. The first-order valence-corrected chi connectivity index (χ1v) is 4.60. The van der Waals surface area contributed by atoms with Crippen LogP contribution in [0.2, 0.25) is 0 Å². The Labute approximate surface area is 88.7 Å². The fraction of sp³-hybridized carbons (Fsp3) is 0.273. The Kier molecular flexibility index (Phi) is 4.00. The summed E-state index contributed by atoms with van der Waals surface area (Å²) in [4.78, 5) is 23.2. The lowest BCUT2D eigenvalue weighted by molar-refractivity contribution is -0.117. The molecule has 0 saturated carbocycles. The highest BCUT2D eigenvalue weighted by Crippen LogP contribution is 2.18. The monoisotopic (exact) mass is 205 g/mol. The van der Waals surface area contributed by atoms with E-state index >= 15 is 0 Å². The maximum Gasteiger partial charge on any atom is 0.240 e. The molecule has 0 bridgehead atoms. The van der Waals surface area contributed by atoms with Crippen LogP contribution in [0.5, 0.6) is 0 Å². The van der Waals surface area contributed by atoms with Crippen molar-refractivity contribution in [3.63, 3.8) is 0 Å². The second-order valence-corrected chi connectivity index (χ2v) is 3.11. The van der Waals surface area contributed by atoms with Crippen molar-refractivity contribution in [1.29, 1.82) is 0 Å². The largest absolute Gasteiger partial charge is 0.322 e. The zero-order valence-corrected chi connectivity index (χ0v) is 8.56. The van der Waals surface area contributed by atoms with Gasteiger partial charge in [0.1, 0.15) is 0 Å². The summed E-state index contributed by atoms with van der Waals surface area (Å²) in [5, 5.41) is 0. The van der Waals surface area contributed by atoms with E-state index in [0.29, 0.717) is 5.69 Å². The summed E-state index contributed by atoms with van der Waals surface area (Å²) in [6, 6.07) is 7.20. The van der Waals surface area contributed by atoms with Gasteiger partial charge in [0.05, 0.1) is 6.54 Å². The van der Waals surface area contributed by atoms with Crippen LogP contribution in [-0.4, -0.2) is 25.8 Å². The number of hydrogen-bond donors (Lipinski definition) is 1. The van der Waals surface area contributed by atoms with Crippen LogP contribution < -0.4 is 10.6 Å². The van der Waals surface area contributed by atoms with Gasteiger partial charge in [0.15, 0.2) is 0 Å². The molecular weight excluding hydrogens is 192 g/mol. The standard InChI is InChI=1S/C11H13N2O2/c1-13(11(15)8-12)10-5-3-2-4-9(10)6-7-14/h2-5H,6,8,12H2,1H3. The third-order valence-electron chi connectivity index (χ3n) is 2.16. The summed E-state index contributed by atoms with van der Waals surface area (Å²) >= 11 is 0. The van der Waals surface area contributed by atoms with Gasteiger partial charge in [-0.25, -0.2) is 0 Å². The molecule has 0 saturated heterocycles. The third kappa shape index (κ3) is 2.63. The lowest BCUT2D eigenvalue weighted by Crippen LogP contribution is -2.33. The van der Waals surface area contributed by atoms with Gasteiger partial charge in [-0.3, -0.25) is 9.59 Å². The van der Waals surface area contributed by atoms with E-state index in [4.69, 9.17) is 5.73 Å². The Hall–Kier alpha value is -1.68. The van der Waals surface area contributed by atoms with Crippen molar-refractivity contribution in [3.8, 4) is 0 Å². The molecule has 4 heteroatoms. The number of nitrogens with zero attached hydrogens (tertiary/aromatic N) is 1. The Bertz CT molecular complexity index is 363. The molecule has 0 aliphatic heterocycles. The van der Waals surface area contributed by atoms with Gasteiger partial charge in [-0.2, -0.15) is 0 Å². The Morgan fingerprint density at radius 2 is 2.13 bits per heavy atom. The molecule has 15 heavy (non-hydrogen) atoms. The van der Waals surface area contributed by atoms with E-state index in [2.05, 4.69) is 0 Å². The van der Waals surface area contributed by atoms with Crippen molar-refractivity contribution >= 4 is 17.9 Å². The molecule has 79 valence electrons. The van der Waals surface area contributed by atoms with Crippen LogP contribution in [0, 0.1) is 0 Å². The molecule has 0 fully saturated rings. The number of rotatable bonds is 4. The minimum absolute atomic E-state index is 0.0460. The van der Waals surface area contributed by atoms with Gasteiger partial charge in [-0.05, 0) is 11.6 Å². The first kappa shape index (κ1) is 11.4. The second kappa shape index (κ2) is 5.26. The Morgan fingerprint density at radius 1 is 1.47 bits per heavy atom. The maximum absolute atomic E-state index is 11.4. The molecule has 0 aliphatic rings. The second-order valence-electron chi connectivity index (χ2n) is 3.11. The van der Waals surface area contributed by atoms with E-state index in [-0.39, 0.29) is 18.9 Å². The van der Waals surface area contributed by atoms with Gasteiger partial charge in [0, 0.05) is 19.2 Å². The predicted octanol–water partition coefficient (Wildman–Crippen LogP) is 0.260. The molecule has 0 spiro atoms. The van der Waals surface area contributed by atoms with Crippen molar-refractivity contribution in [1.82, 2.24) is 0 Å². The number of amides is 1. The van der Waals surface area contributed by atoms with Gasteiger partial charge in [0.25, 0.3) is 0 Å². The first-order chi connectivity index (χ1) is 7.20. The number of carbonyl (C=O) groups is 1. The van der Waals surface area contributed by atoms with Crippen LogP contribution in [0.3, 0.4) is 0 Å². The van der Waals surface area contributed by atoms with Gasteiger partial charge in [-0.1, -0.05) is 18.2 Å². The molecule has 0 aliphatic carbocycles. The minimum atomic E-state index is -0.187. The topological polar surface area (TPSA) is 63.4 Å². The first-order valence-electron chi connectivity index (χ1n) is 4.60. The smallest absolute Gasteiger partial charge is 0.240 e. The average molecular weight is 205 g/mol. The van der Waals surface area contributed by atoms with Crippen LogP contribution in [0.1, 0.15) is 5.56 Å². The van der Waals surface area contributed by atoms with E-state index in [9.17, 15) is 9.59 Å². The van der Waals surface area contributed by atoms with Crippen LogP contribution in [0.15, 0.2) is 24.3 Å². The Balaban J connectivity index is 3.01. The number of para-hydroxylation sites is 1. The number of carbonyl (C=O) groups excluding carboxylic acids is 2. The fourth-order valence-electron chi connectivity index (χ4n) is 1.34. The van der Waals surface area contributed by atoms with E-state index < -0.39 is 0 Å². The van der Waals surface area contributed by atoms with Gasteiger partial charge < -0.3 is 10.6 Å². The molecule has 4 nitrogen and oxygen atoms in total. The minimum Gasteiger partial charge on any atom is -0.322 e. The summed E-state index contributed by atoms with van der Waals surface area (Å²) in [6.07, 6.45) is 2.00. The number of anilines is 1. The molecule has 1 aromatic rings. The summed E-state index contributed by atoms with van der Waals surface area (Å²) < 4.78 is 0. The van der Waals surface area contributed by atoms with Crippen molar-refractivity contribution < 1.29 is 9.59 Å². The normalized spacial score (nSPS) is 9.73. The predicted molar refractivity (Wildman–Crippen MR) is 58.3 cm³/mol. The summed E-state index contributed by atoms with van der Waals surface area (Å²) in [7, 11) is 1.64. The molecular formula is C11H13N2O2. The summed E-state index contributed by atoms with van der Waals surface area (Å²) in [5.41, 5.74) is 6.75. The van der Waals surface area contributed by atoms with Crippen LogP contribution in [0.4, 0.5) is 5.69 Å². The summed E-state index contributed by atoms with van der Waals surface area (Å²) in [5.74, 6) is -0.187. The van der Waals surface area contributed by atoms with E-state index in [1.807, 2.05) is 18.4 Å². The highest BCUT2D eigenvalue weighted by Gasteiger charge is 2.11. The number of likely N-dealkylation sites (N-methyl/N-ethyl adjacent to an activating group) is 1. The lowest BCUT2D eigenvalue weighted by Gasteiger charge is -2.19. The number of nitrogens with two attached hydrogens (primary N) is 1. The summed E-state index contributed by atoms with van der Waals surface area (Å²) in [6.45, 7) is -0.0460. The van der Waals surface area contributed by atoms with Crippen molar-refractivity contribution in [2.24, 2.45) is 5.73 Å². The highest BCUT2D eigenvalue weighted by atomic mass is 16.2. The number of benzene rings is 1. The molecule has 1 amide bonds. The molecule has 0 unspecified atom stereocenters. The molecule has 0 aromatic heterocycles. The van der Waals surface area contributed by atoms with Crippen molar-refractivity contribution in [3.05, 3.63) is 29.8 Å². The van der Waals surface area contributed by atoms with Crippen molar-refractivity contribution in [2.75, 3.05) is 18.5 Å². The van der Waals surface area contributed by atoms with E-state index in [1.165, 1.54) is 4.90 Å². The average Bonchev–Trinajstić information content (AvgIpc) is 2.28. The van der Waals surface area contributed by atoms with E-state index in [0.717, 1.165) is 5.56 Å². The van der Waals surface area contributed by atoms with Crippen LogP contribution in [-0.2, 0) is 16.0 Å². The van der Waals surface area contributed by atoms with Gasteiger partial charge >= 0.3 is 0 Å². The zero-order chi connectivity index (χ0) is 11.3. The van der Waals surface area contributed by atoms with Gasteiger partial charge in [-0.15, -0.1) is 0 Å². The third-order valence-corrected chi connectivity index (χ3v) is 2.16. The van der Waals surface area contributed by atoms with E-state index in [1.54, 1.807) is 19.2 Å². The molecule has 0 atom stereocenters. The van der Waals surface area contributed by atoms with Gasteiger partial charge in [0.2, 0.25) is 12.2 Å². The SMILES string of the molecule is CN(C(=O)CN)c1ccccc1C[C]=O. The maximum atomic E-state index is 11.4. The molecule has 0 heterocycles. The van der Waals surface area contributed by atoms with Crippen molar-refractivity contribution in [2.45, 2.75) is 6.42 Å². The van der Waals surface area contributed by atoms with Crippen LogP contribution >= 0.6 is 0 Å². The lowest BCUT2D eigenvalue weighted by atomic mass is 10.1. The molecule has 1 rings (SSSR count).